The number of benzene rings is 1. The van der Waals surface area contributed by atoms with E-state index in [1.165, 1.54) is 4.68 Å². The van der Waals surface area contributed by atoms with Crippen LogP contribution in [-0.2, 0) is 29.2 Å². The number of amides is 1. The molecule has 1 aliphatic carbocycles. The number of nitrogens with two attached hydrogens (primary N) is 1. The van der Waals surface area contributed by atoms with Gasteiger partial charge in [-0.15, -0.1) is 0 Å². The summed E-state index contributed by atoms with van der Waals surface area (Å²) in [6, 6.07) is 6.89. The minimum Gasteiger partial charge on any atom is -0.369 e. The predicted octanol–water partition coefficient (Wildman–Crippen LogP) is 3.92. The van der Waals surface area contributed by atoms with E-state index in [2.05, 4.69) is 5.10 Å². The second-order valence-corrected chi connectivity index (χ2v) is 6.99. The van der Waals surface area contributed by atoms with Gasteiger partial charge in [-0.1, -0.05) is 19.1 Å². The number of carbonyl (C=O) groups excluding carboxylic acids is 1. The highest BCUT2D eigenvalue weighted by atomic mass is 19.4. The Labute approximate surface area is 150 Å². The summed E-state index contributed by atoms with van der Waals surface area (Å²) < 4.78 is 41.4. The van der Waals surface area contributed by atoms with Crippen molar-refractivity contribution in [3.8, 4) is 5.69 Å². The first-order valence-electron chi connectivity index (χ1n) is 8.77. The number of primary amides is 1. The van der Waals surface area contributed by atoms with Gasteiger partial charge in [0, 0.05) is 11.3 Å². The lowest BCUT2D eigenvalue weighted by atomic mass is 9.79. The maximum Gasteiger partial charge on any atom is 0.435 e. The molecule has 1 aliphatic rings. The number of rotatable bonds is 4. The fourth-order valence-electron chi connectivity index (χ4n) is 3.53. The van der Waals surface area contributed by atoms with Crippen LogP contribution in [0.2, 0.25) is 0 Å². The molecule has 0 spiro atoms. The molecule has 1 heterocycles. The molecule has 2 N–H and O–H groups in total. The minimum absolute atomic E-state index is 0.309. The summed E-state index contributed by atoms with van der Waals surface area (Å²) in [5, 5.41) is 3.88. The summed E-state index contributed by atoms with van der Waals surface area (Å²) in [5.74, 6) is -0.427. The van der Waals surface area contributed by atoms with Gasteiger partial charge in [0.15, 0.2) is 5.69 Å². The van der Waals surface area contributed by atoms with Crippen LogP contribution in [-0.4, -0.2) is 15.7 Å². The molecule has 0 radical (unpaired) electrons. The number of alkyl halides is 3. The summed E-state index contributed by atoms with van der Waals surface area (Å²) in [4.78, 5) is 11.8. The molecule has 1 amide bonds. The fourth-order valence-corrected chi connectivity index (χ4v) is 3.53. The molecule has 0 fully saturated rings. The third kappa shape index (κ3) is 2.99. The molecule has 0 saturated heterocycles. The summed E-state index contributed by atoms with van der Waals surface area (Å²) in [7, 11) is 0. The van der Waals surface area contributed by atoms with E-state index < -0.39 is 23.2 Å². The van der Waals surface area contributed by atoms with Crippen molar-refractivity contribution in [3.05, 3.63) is 46.8 Å². The number of hydrogen-bond acceptors (Lipinski definition) is 2. The zero-order valence-corrected chi connectivity index (χ0v) is 14.9. The molecule has 1 atom stereocenters. The molecule has 140 valence electrons. The Morgan fingerprint density at radius 3 is 2.35 bits per heavy atom. The van der Waals surface area contributed by atoms with E-state index >= 15 is 0 Å². The van der Waals surface area contributed by atoms with Crippen LogP contribution in [0.15, 0.2) is 24.3 Å². The number of carbonyl (C=O) groups is 1. The molecule has 0 saturated carbocycles. The van der Waals surface area contributed by atoms with E-state index in [0.29, 0.717) is 36.2 Å². The lowest BCUT2D eigenvalue weighted by Gasteiger charge is -2.25. The third-order valence-electron chi connectivity index (χ3n) is 5.45. The Bertz CT molecular complexity index is 824. The van der Waals surface area contributed by atoms with E-state index in [1.807, 2.05) is 6.92 Å². The Balaban J connectivity index is 2.05. The molecule has 2 aromatic rings. The molecular weight excluding hydrogens is 343 g/mol. The van der Waals surface area contributed by atoms with Crippen molar-refractivity contribution in [1.82, 2.24) is 9.78 Å². The van der Waals surface area contributed by atoms with Crippen molar-refractivity contribution in [1.29, 1.82) is 0 Å². The summed E-state index contributed by atoms with van der Waals surface area (Å²) in [6.07, 6.45) is -1.35. The van der Waals surface area contributed by atoms with Gasteiger partial charge in [0.1, 0.15) is 0 Å². The van der Waals surface area contributed by atoms with Gasteiger partial charge < -0.3 is 5.73 Å². The standard InChI is InChI=1S/C19H22F3N3O/c1-3-18(2,17(23)26)12-8-10-13(11-9-12)25-15-7-5-4-6-14(15)16(24-25)19(20,21)22/h8-11H,3-7H2,1-2H3,(H2,23,26). The first-order chi connectivity index (χ1) is 12.2. The molecule has 1 aromatic carbocycles. The quantitative estimate of drug-likeness (QED) is 0.893. The molecule has 0 aliphatic heterocycles. The maximum absolute atomic E-state index is 13.3. The SMILES string of the molecule is CCC(C)(C(N)=O)c1ccc(-n2nc(C(F)(F)F)c3c2CCCC3)cc1. The normalized spacial score (nSPS) is 16.8. The monoisotopic (exact) mass is 365 g/mol. The van der Waals surface area contributed by atoms with E-state index in [1.54, 1.807) is 31.2 Å². The fraction of sp³-hybridized carbons (Fsp3) is 0.474. The van der Waals surface area contributed by atoms with Crippen molar-refractivity contribution in [3.63, 3.8) is 0 Å². The summed E-state index contributed by atoms with van der Waals surface area (Å²) in [5.41, 5.74) is 6.17. The first kappa shape index (κ1) is 18.5. The number of hydrogen-bond donors (Lipinski definition) is 1. The Morgan fingerprint density at radius 1 is 1.19 bits per heavy atom. The van der Waals surface area contributed by atoms with Gasteiger partial charge in [0.2, 0.25) is 5.91 Å². The zero-order chi connectivity index (χ0) is 19.1. The smallest absolute Gasteiger partial charge is 0.369 e. The van der Waals surface area contributed by atoms with Crippen LogP contribution in [0.1, 0.15) is 55.6 Å². The highest BCUT2D eigenvalue weighted by Crippen LogP contribution is 2.37. The van der Waals surface area contributed by atoms with Crippen LogP contribution < -0.4 is 5.73 Å². The molecule has 26 heavy (non-hydrogen) atoms. The molecule has 0 bridgehead atoms. The van der Waals surface area contributed by atoms with Gasteiger partial charge in [-0.25, -0.2) is 4.68 Å². The van der Waals surface area contributed by atoms with Crippen LogP contribution in [0, 0.1) is 0 Å². The van der Waals surface area contributed by atoms with Gasteiger partial charge in [-0.3, -0.25) is 4.79 Å². The molecule has 3 rings (SSSR count). The van der Waals surface area contributed by atoms with E-state index in [-0.39, 0.29) is 0 Å². The molecule has 4 nitrogen and oxygen atoms in total. The first-order valence-corrected chi connectivity index (χ1v) is 8.77. The Kier molecular flexibility index (Phi) is 4.58. The number of fused-ring (bicyclic) bond motifs is 1. The molecule has 1 unspecified atom stereocenters. The highest BCUT2D eigenvalue weighted by Gasteiger charge is 2.39. The highest BCUT2D eigenvalue weighted by molar-refractivity contribution is 5.86. The van der Waals surface area contributed by atoms with Crippen molar-refractivity contribution in [2.24, 2.45) is 5.73 Å². The van der Waals surface area contributed by atoms with Gasteiger partial charge >= 0.3 is 6.18 Å². The van der Waals surface area contributed by atoms with E-state index in [4.69, 9.17) is 5.73 Å². The lowest BCUT2D eigenvalue weighted by Crippen LogP contribution is -2.37. The van der Waals surface area contributed by atoms with Crippen LogP contribution in [0.25, 0.3) is 5.69 Å². The Hall–Kier alpha value is -2.31. The van der Waals surface area contributed by atoms with Crippen LogP contribution >= 0.6 is 0 Å². The Morgan fingerprint density at radius 2 is 1.81 bits per heavy atom. The van der Waals surface area contributed by atoms with Crippen LogP contribution in [0.3, 0.4) is 0 Å². The van der Waals surface area contributed by atoms with Crippen LogP contribution in [0.5, 0.6) is 0 Å². The minimum atomic E-state index is -4.46. The molecule has 1 aromatic heterocycles. The summed E-state index contributed by atoms with van der Waals surface area (Å²) in [6.45, 7) is 3.64. The molecule has 7 heteroatoms. The largest absolute Gasteiger partial charge is 0.435 e. The topological polar surface area (TPSA) is 60.9 Å². The molecular formula is C19H22F3N3O. The van der Waals surface area contributed by atoms with E-state index in [9.17, 15) is 18.0 Å². The van der Waals surface area contributed by atoms with Crippen molar-refractivity contribution in [2.75, 3.05) is 0 Å². The maximum atomic E-state index is 13.3. The van der Waals surface area contributed by atoms with Gasteiger partial charge in [-0.05, 0) is 56.7 Å². The average Bonchev–Trinajstić information content (AvgIpc) is 3.01. The number of nitrogens with zero attached hydrogens (tertiary/aromatic N) is 2. The van der Waals surface area contributed by atoms with Gasteiger partial charge in [0.25, 0.3) is 0 Å². The van der Waals surface area contributed by atoms with Crippen molar-refractivity contribution < 1.29 is 18.0 Å². The van der Waals surface area contributed by atoms with Gasteiger partial charge in [-0.2, -0.15) is 18.3 Å². The van der Waals surface area contributed by atoms with Gasteiger partial charge in [0.05, 0.1) is 11.1 Å². The zero-order valence-electron chi connectivity index (χ0n) is 14.9. The van der Waals surface area contributed by atoms with Crippen molar-refractivity contribution >= 4 is 5.91 Å². The average molecular weight is 365 g/mol. The predicted molar refractivity (Wildman–Crippen MR) is 92.0 cm³/mol. The number of halogens is 3. The lowest BCUT2D eigenvalue weighted by molar-refractivity contribution is -0.142. The van der Waals surface area contributed by atoms with Crippen LogP contribution in [0.4, 0.5) is 13.2 Å². The van der Waals surface area contributed by atoms with E-state index in [0.717, 1.165) is 18.4 Å². The third-order valence-corrected chi connectivity index (χ3v) is 5.45. The van der Waals surface area contributed by atoms with Crippen molar-refractivity contribution in [2.45, 2.75) is 57.5 Å². The summed E-state index contributed by atoms with van der Waals surface area (Å²) >= 11 is 0. The second kappa shape index (κ2) is 6.45. The second-order valence-electron chi connectivity index (χ2n) is 6.99. The number of aromatic nitrogens is 2.